The van der Waals surface area contributed by atoms with E-state index in [9.17, 15) is 9.18 Å². The first-order valence-corrected chi connectivity index (χ1v) is 7.17. The highest BCUT2D eigenvalue weighted by molar-refractivity contribution is 7.80. The quantitative estimate of drug-likeness (QED) is 0.786. The standard InChI is InChI=1S/C15H21FN2O2S/c1-10(2)9-18(7-6-14(17)21)15(19)11-4-5-12(16)13(8-11)20-3/h4-5,8,10H,6-7,9H2,1-3H3,(H2,17,21). The molecule has 4 nitrogen and oxygen atoms in total. The highest BCUT2D eigenvalue weighted by Crippen LogP contribution is 2.19. The van der Waals surface area contributed by atoms with Gasteiger partial charge in [-0.25, -0.2) is 4.39 Å². The molecule has 6 heteroatoms. The van der Waals surface area contributed by atoms with E-state index in [1.165, 1.54) is 25.3 Å². The van der Waals surface area contributed by atoms with Gasteiger partial charge in [-0.2, -0.15) is 0 Å². The molecule has 1 rings (SSSR count). The summed E-state index contributed by atoms with van der Waals surface area (Å²) in [5.74, 6) is -0.312. The Morgan fingerprint density at radius 1 is 1.48 bits per heavy atom. The van der Waals surface area contributed by atoms with E-state index in [0.717, 1.165) is 0 Å². The van der Waals surface area contributed by atoms with Crippen LogP contribution < -0.4 is 10.5 Å². The molecule has 0 saturated heterocycles. The summed E-state index contributed by atoms with van der Waals surface area (Å²) in [5.41, 5.74) is 5.89. The molecule has 0 aliphatic heterocycles. The zero-order valence-corrected chi connectivity index (χ0v) is 13.4. The molecule has 0 heterocycles. The predicted molar refractivity (Wildman–Crippen MR) is 85.1 cm³/mol. The third kappa shape index (κ3) is 5.30. The number of nitrogens with zero attached hydrogens (tertiary/aromatic N) is 1. The summed E-state index contributed by atoms with van der Waals surface area (Å²) in [7, 11) is 1.37. The number of carbonyl (C=O) groups is 1. The fourth-order valence-corrected chi connectivity index (χ4v) is 2.03. The van der Waals surface area contributed by atoms with Crippen molar-refractivity contribution in [1.29, 1.82) is 0 Å². The van der Waals surface area contributed by atoms with Crippen LogP contribution >= 0.6 is 12.2 Å². The Morgan fingerprint density at radius 3 is 2.67 bits per heavy atom. The van der Waals surface area contributed by atoms with Crippen LogP contribution in [0.2, 0.25) is 0 Å². The van der Waals surface area contributed by atoms with E-state index >= 15 is 0 Å². The van der Waals surface area contributed by atoms with E-state index in [2.05, 4.69) is 0 Å². The minimum atomic E-state index is -0.493. The van der Waals surface area contributed by atoms with Crippen molar-refractivity contribution in [2.24, 2.45) is 11.7 Å². The summed E-state index contributed by atoms with van der Waals surface area (Å²) in [6, 6.07) is 4.09. The van der Waals surface area contributed by atoms with Crippen LogP contribution in [0.4, 0.5) is 4.39 Å². The Kier molecular flexibility index (Phi) is 6.55. The summed E-state index contributed by atoms with van der Waals surface area (Å²) in [5, 5.41) is 0. The second-order valence-corrected chi connectivity index (χ2v) is 5.74. The molecule has 0 fully saturated rings. The number of ether oxygens (including phenoxy) is 1. The van der Waals surface area contributed by atoms with Crippen LogP contribution in [-0.4, -0.2) is 36.0 Å². The van der Waals surface area contributed by atoms with E-state index in [-0.39, 0.29) is 11.7 Å². The highest BCUT2D eigenvalue weighted by Gasteiger charge is 2.18. The summed E-state index contributed by atoms with van der Waals surface area (Å²) >= 11 is 4.86. The predicted octanol–water partition coefficient (Wildman–Crippen LogP) is 2.61. The molecule has 1 aromatic carbocycles. The number of thiocarbonyl (C=S) groups is 1. The first-order valence-electron chi connectivity index (χ1n) is 6.76. The number of halogens is 1. The lowest BCUT2D eigenvalue weighted by atomic mass is 10.1. The fraction of sp³-hybridized carbons (Fsp3) is 0.467. The SMILES string of the molecule is COc1cc(C(=O)N(CCC(N)=S)CC(C)C)ccc1F. The van der Waals surface area contributed by atoms with Gasteiger partial charge in [-0.1, -0.05) is 26.1 Å². The van der Waals surface area contributed by atoms with E-state index in [4.69, 9.17) is 22.7 Å². The van der Waals surface area contributed by atoms with Gasteiger partial charge in [-0.3, -0.25) is 4.79 Å². The largest absolute Gasteiger partial charge is 0.494 e. The number of methoxy groups -OCH3 is 1. The third-order valence-electron chi connectivity index (χ3n) is 2.90. The summed E-state index contributed by atoms with van der Waals surface area (Å²) in [4.78, 5) is 14.6. The van der Waals surface area contributed by atoms with E-state index in [1.54, 1.807) is 4.90 Å². The van der Waals surface area contributed by atoms with Crippen LogP contribution in [0.3, 0.4) is 0 Å². The molecule has 21 heavy (non-hydrogen) atoms. The van der Waals surface area contributed by atoms with E-state index in [1.807, 2.05) is 13.8 Å². The fourth-order valence-electron chi connectivity index (χ4n) is 1.94. The molecule has 0 unspecified atom stereocenters. The van der Waals surface area contributed by atoms with Crippen LogP contribution in [0.25, 0.3) is 0 Å². The van der Waals surface area contributed by atoms with Gasteiger partial charge in [0.2, 0.25) is 0 Å². The average molecular weight is 312 g/mol. The molecular weight excluding hydrogens is 291 g/mol. The van der Waals surface area contributed by atoms with Crippen molar-refractivity contribution < 1.29 is 13.9 Å². The van der Waals surface area contributed by atoms with Crippen molar-refractivity contribution >= 4 is 23.1 Å². The molecule has 116 valence electrons. The Hall–Kier alpha value is -1.69. The Bertz CT molecular complexity index is 520. The van der Waals surface area contributed by atoms with E-state index in [0.29, 0.717) is 36.0 Å². The number of benzene rings is 1. The number of carbonyl (C=O) groups excluding carboxylic acids is 1. The molecule has 0 aliphatic rings. The second kappa shape index (κ2) is 7.93. The smallest absolute Gasteiger partial charge is 0.254 e. The normalized spacial score (nSPS) is 10.5. The number of hydrogen-bond acceptors (Lipinski definition) is 3. The van der Waals surface area contributed by atoms with Crippen molar-refractivity contribution in [3.05, 3.63) is 29.6 Å². The van der Waals surface area contributed by atoms with Gasteiger partial charge in [-0.15, -0.1) is 0 Å². The van der Waals surface area contributed by atoms with Crippen LogP contribution in [-0.2, 0) is 0 Å². The van der Waals surface area contributed by atoms with Crippen molar-refractivity contribution in [1.82, 2.24) is 4.90 Å². The molecule has 0 aromatic heterocycles. The molecule has 2 N–H and O–H groups in total. The second-order valence-electron chi connectivity index (χ2n) is 5.21. The van der Waals surface area contributed by atoms with Gasteiger partial charge in [0.05, 0.1) is 12.1 Å². The maximum absolute atomic E-state index is 13.4. The van der Waals surface area contributed by atoms with Gasteiger partial charge in [-0.05, 0) is 24.1 Å². The number of amides is 1. The molecule has 1 aromatic rings. The van der Waals surface area contributed by atoms with Gasteiger partial charge in [0.15, 0.2) is 11.6 Å². The first kappa shape index (κ1) is 17.4. The van der Waals surface area contributed by atoms with Gasteiger partial charge >= 0.3 is 0 Å². The Balaban J connectivity index is 2.95. The monoisotopic (exact) mass is 312 g/mol. The maximum atomic E-state index is 13.4. The minimum absolute atomic E-state index is 0.0553. The zero-order valence-electron chi connectivity index (χ0n) is 12.6. The van der Waals surface area contributed by atoms with Gasteiger partial charge in [0.25, 0.3) is 5.91 Å². The van der Waals surface area contributed by atoms with Gasteiger partial charge < -0.3 is 15.4 Å². The minimum Gasteiger partial charge on any atom is -0.494 e. The summed E-state index contributed by atoms with van der Waals surface area (Å²) in [6.45, 7) is 5.08. The van der Waals surface area contributed by atoms with Crippen molar-refractivity contribution in [2.45, 2.75) is 20.3 Å². The van der Waals surface area contributed by atoms with Crippen molar-refractivity contribution in [3.63, 3.8) is 0 Å². The number of hydrogen-bond donors (Lipinski definition) is 1. The van der Waals surface area contributed by atoms with Crippen LogP contribution in [0.15, 0.2) is 18.2 Å². The topological polar surface area (TPSA) is 55.6 Å². The molecule has 0 saturated carbocycles. The molecule has 0 aliphatic carbocycles. The molecule has 1 amide bonds. The van der Waals surface area contributed by atoms with Crippen LogP contribution in [0.5, 0.6) is 5.75 Å². The summed E-state index contributed by atoms with van der Waals surface area (Å²) in [6.07, 6.45) is 0.464. The first-order chi connectivity index (χ1) is 9.85. The molecule has 0 radical (unpaired) electrons. The molecule has 0 atom stereocenters. The highest BCUT2D eigenvalue weighted by atomic mass is 32.1. The molecule has 0 spiro atoms. The summed E-state index contributed by atoms with van der Waals surface area (Å²) < 4.78 is 18.3. The number of rotatable bonds is 7. The Morgan fingerprint density at radius 2 is 2.14 bits per heavy atom. The maximum Gasteiger partial charge on any atom is 0.254 e. The average Bonchev–Trinajstić information content (AvgIpc) is 2.42. The van der Waals surface area contributed by atoms with Crippen LogP contribution in [0, 0.1) is 11.7 Å². The third-order valence-corrected chi connectivity index (χ3v) is 3.10. The van der Waals surface area contributed by atoms with Gasteiger partial charge in [0, 0.05) is 25.1 Å². The van der Waals surface area contributed by atoms with E-state index < -0.39 is 5.82 Å². The Labute approximate surface area is 130 Å². The lowest BCUT2D eigenvalue weighted by Crippen LogP contribution is -2.36. The lowest BCUT2D eigenvalue weighted by molar-refractivity contribution is 0.0740. The number of nitrogens with two attached hydrogens (primary N) is 1. The van der Waals surface area contributed by atoms with Gasteiger partial charge in [0.1, 0.15) is 0 Å². The van der Waals surface area contributed by atoms with Crippen LogP contribution in [0.1, 0.15) is 30.6 Å². The zero-order chi connectivity index (χ0) is 16.0. The van der Waals surface area contributed by atoms with Crippen molar-refractivity contribution in [3.8, 4) is 5.75 Å². The van der Waals surface area contributed by atoms with Crippen molar-refractivity contribution in [2.75, 3.05) is 20.2 Å². The molecular formula is C15H21FN2O2S. The molecule has 0 bridgehead atoms. The lowest BCUT2D eigenvalue weighted by Gasteiger charge is -2.24.